The molecule has 1 aliphatic carbocycles. The highest BCUT2D eigenvalue weighted by molar-refractivity contribution is 5.79. The van der Waals surface area contributed by atoms with Crippen molar-refractivity contribution < 1.29 is 9.90 Å². The summed E-state index contributed by atoms with van der Waals surface area (Å²) in [4.78, 5) is 16.8. The second-order valence-corrected chi connectivity index (χ2v) is 7.09. The minimum atomic E-state index is -0.630. The Hall–Kier alpha value is -1.16. The van der Waals surface area contributed by atoms with E-state index in [0.29, 0.717) is 19.1 Å². The van der Waals surface area contributed by atoms with Gasteiger partial charge in [0.1, 0.15) is 5.54 Å². The van der Waals surface area contributed by atoms with Crippen LogP contribution in [0.15, 0.2) is 0 Å². The van der Waals surface area contributed by atoms with E-state index in [2.05, 4.69) is 28.1 Å². The van der Waals surface area contributed by atoms with Gasteiger partial charge in [0.15, 0.2) is 0 Å². The van der Waals surface area contributed by atoms with Crippen LogP contribution < -0.4 is 5.32 Å². The number of aliphatic hydroxyl groups excluding tert-OH is 1. The maximum absolute atomic E-state index is 12.3. The zero-order chi connectivity index (χ0) is 16.9. The molecule has 1 aliphatic heterocycles. The number of hydrogen-bond donors (Lipinski definition) is 2. The highest BCUT2D eigenvalue weighted by Gasteiger charge is 2.36. The molecule has 2 atom stereocenters. The molecule has 1 amide bonds. The van der Waals surface area contributed by atoms with Crippen molar-refractivity contribution in [2.75, 3.05) is 32.7 Å². The molecule has 0 aromatic rings. The monoisotopic (exact) mass is 322 g/mol. The zero-order valence-electron chi connectivity index (χ0n) is 14.4. The van der Waals surface area contributed by atoms with Gasteiger partial charge in [-0.05, 0) is 39.0 Å². The standard InChI is InChI=1S/C17H30N4O2/c1-3-15-11-20(8-9-21(15)10-14(2)22)12-16(23)19-17(13-18)6-4-5-7-17/h14-15,22H,3-12H2,1-2H3,(H,19,23)/t14-,15-/m0/s1. The lowest BCUT2D eigenvalue weighted by atomic mass is 10.00. The fourth-order valence-electron chi connectivity index (χ4n) is 3.82. The van der Waals surface area contributed by atoms with Crippen molar-refractivity contribution in [1.29, 1.82) is 5.26 Å². The van der Waals surface area contributed by atoms with Gasteiger partial charge in [-0.25, -0.2) is 0 Å². The molecule has 0 radical (unpaired) electrons. The van der Waals surface area contributed by atoms with Crippen LogP contribution in [0.3, 0.4) is 0 Å². The van der Waals surface area contributed by atoms with Crippen molar-refractivity contribution in [3.63, 3.8) is 0 Å². The van der Waals surface area contributed by atoms with E-state index in [1.54, 1.807) is 0 Å². The van der Waals surface area contributed by atoms with Crippen molar-refractivity contribution >= 4 is 5.91 Å². The van der Waals surface area contributed by atoms with Crippen LogP contribution >= 0.6 is 0 Å². The first-order chi connectivity index (χ1) is 11.0. The molecule has 130 valence electrons. The number of rotatable bonds is 6. The third-order valence-corrected chi connectivity index (χ3v) is 5.08. The fourth-order valence-corrected chi connectivity index (χ4v) is 3.82. The average Bonchev–Trinajstić information content (AvgIpc) is 2.97. The number of nitriles is 1. The van der Waals surface area contributed by atoms with Crippen molar-refractivity contribution in [3.8, 4) is 6.07 Å². The molecule has 2 rings (SSSR count). The van der Waals surface area contributed by atoms with Gasteiger partial charge in [0, 0.05) is 32.2 Å². The Balaban J connectivity index is 1.84. The van der Waals surface area contributed by atoms with Crippen LogP contribution in [0.5, 0.6) is 0 Å². The van der Waals surface area contributed by atoms with Crippen LogP contribution in [0.25, 0.3) is 0 Å². The van der Waals surface area contributed by atoms with Gasteiger partial charge in [-0.1, -0.05) is 6.92 Å². The van der Waals surface area contributed by atoms with Gasteiger partial charge >= 0.3 is 0 Å². The topological polar surface area (TPSA) is 79.6 Å². The maximum atomic E-state index is 12.3. The minimum Gasteiger partial charge on any atom is -0.392 e. The lowest BCUT2D eigenvalue weighted by Crippen LogP contribution is -2.57. The Morgan fingerprint density at radius 1 is 1.43 bits per heavy atom. The fraction of sp³-hybridized carbons (Fsp3) is 0.882. The molecule has 1 saturated carbocycles. The maximum Gasteiger partial charge on any atom is 0.235 e. The summed E-state index contributed by atoms with van der Waals surface area (Å²) < 4.78 is 0. The van der Waals surface area contributed by atoms with Crippen LogP contribution in [0, 0.1) is 11.3 Å². The van der Waals surface area contributed by atoms with Gasteiger partial charge in [0.2, 0.25) is 5.91 Å². The summed E-state index contributed by atoms with van der Waals surface area (Å²) in [6, 6.07) is 2.69. The minimum absolute atomic E-state index is 0.0349. The number of nitrogens with one attached hydrogen (secondary N) is 1. The van der Waals surface area contributed by atoms with Gasteiger partial charge in [-0.15, -0.1) is 0 Å². The number of hydrogen-bond acceptors (Lipinski definition) is 5. The van der Waals surface area contributed by atoms with E-state index in [4.69, 9.17) is 0 Å². The van der Waals surface area contributed by atoms with E-state index in [1.165, 1.54) is 0 Å². The molecule has 0 spiro atoms. The molecule has 1 heterocycles. The summed E-state index contributed by atoms with van der Waals surface area (Å²) in [5.41, 5.74) is -0.630. The number of piperazine rings is 1. The van der Waals surface area contributed by atoms with Gasteiger partial charge in [-0.3, -0.25) is 14.6 Å². The number of β-amino-alcohol motifs (C(OH)–C–C–N with tert-alkyl or cyclic N) is 1. The quantitative estimate of drug-likeness (QED) is 0.753. The van der Waals surface area contributed by atoms with Crippen LogP contribution in [-0.4, -0.2) is 71.2 Å². The molecule has 0 bridgehead atoms. The Labute approximate surface area is 139 Å². The van der Waals surface area contributed by atoms with Crippen LogP contribution in [0.2, 0.25) is 0 Å². The van der Waals surface area contributed by atoms with Crippen molar-refractivity contribution in [3.05, 3.63) is 0 Å². The highest BCUT2D eigenvalue weighted by Crippen LogP contribution is 2.28. The Kier molecular flexibility index (Phi) is 6.40. The Bertz CT molecular complexity index is 440. The number of carbonyl (C=O) groups is 1. The number of nitrogens with zero attached hydrogens (tertiary/aromatic N) is 3. The third-order valence-electron chi connectivity index (χ3n) is 5.08. The van der Waals surface area contributed by atoms with E-state index in [9.17, 15) is 15.2 Å². The third kappa shape index (κ3) is 4.90. The van der Waals surface area contributed by atoms with Gasteiger partial charge in [0.05, 0.1) is 18.7 Å². The van der Waals surface area contributed by atoms with E-state index < -0.39 is 5.54 Å². The smallest absolute Gasteiger partial charge is 0.235 e. The number of amides is 1. The van der Waals surface area contributed by atoms with Crippen LogP contribution in [-0.2, 0) is 4.79 Å². The van der Waals surface area contributed by atoms with Gasteiger partial charge < -0.3 is 10.4 Å². The first-order valence-electron chi connectivity index (χ1n) is 8.85. The lowest BCUT2D eigenvalue weighted by molar-refractivity contribution is -0.124. The molecular weight excluding hydrogens is 292 g/mol. The highest BCUT2D eigenvalue weighted by atomic mass is 16.3. The predicted octanol–water partition coefficient (Wildman–Crippen LogP) is 0.716. The molecule has 2 aliphatic rings. The number of carbonyl (C=O) groups excluding carboxylic acids is 1. The normalized spacial score (nSPS) is 26.6. The summed E-state index contributed by atoms with van der Waals surface area (Å²) in [5.74, 6) is -0.0349. The summed E-state index contributed by atoms with van der Waals surface area (Å²) in [6.45, 7) is 7.56. The first kappa shape index (κ1) is 18.2. The van der Waals surface area contributed by atoms with Crippen molar-refractivity contribution in [2.45, 2.75) is 63.6 Å². The molecule has 6 nitrogen and oxygen atoms in total. The summed E-state index contributed by atoms with van der Waals surface area (Å²) in [5, 5.41) is 21.9. The Morgan fingerprint density at radius 2 is 2.13 bits per heavy atom. The van der Waals surface area contributed by atoms with Crippen LogP contribution in [0.1, 0.15) is 46.0 Å². The second kappa shape index (κ2) is 8.09. The second-order valence-electron chi connectivity index (χ2n) is 7.09. The molecule has 0 unspecified atom stereocenters. The Morgan fingerprint density at radius 3 is 2.70 bits per heavy atom. The molecule has 2 fully saturated rings. The molecule has 23 heavy (non-hydrogen) atoms. The van der Waals surface area contributed by atoms with Crippen molar-refractivity contribution in [1.82, 2.24) is 15.1 Å². The van der Waals surface area contributed by atoms with Gasteiger partial charge in [-0.2, -0.15) is 5.26 Å². The van der Waals surface area contributed by atoms with E-state index in [1.807, 2.05) is 6.92 Å². The van der Waals surface area contributed by atoms with Crippen LogP contribution in [0.4, 0.5) is 0 Å². The predicted molar refractivity (Wildman–Crippen MR) is 88.7 cm³/mol. The SMILES string of the molecule is CC[C@H]1CN(CC(=O)NC2(C#N)CCCC2)CCN1C[C@H](C)O. The molecule has 0 aromatic heterocycles. The largest absolute Gasteiger partial charge is 0.392 e. The van der Waals surface area contributed by atoms with Gasteiger partial charge in [0.25, 0.3) is 0 Å². The van der Waals surface area contributed by atoms with Crippen molar-refractivity contribution in [2.24, 2.45) is 0 Å². The molecular formula is C17H30N4O2. The summed E-state index contributed by atoms with van der Waals surface area (Å²) in [6.07, 6.45) is 4.27. The van der Waals surface area contributed by atoms with E-state index in [-0.39, 0.29) is 12.0 Å². The zero-order valence-corrected chi connectivity index (χ0v) is 14.4. The summed E-state index contributed by atoms with van der Waals surface area (Å²) in [7, 11) is 0. The first-order valence-corrected chi connectivity index (χ1v) is 8.85. The molecule has 0 aromatic carbocycles. The number of aliphatic hydroxyl groups is 1. The van der Waals surface area contributed by atoms with E-state index in [0.717, 1.165) is 51.7 Å². The lowest BCUT2D eigenvalue weighted by Gasteiger charge is -2.41. The summed E-state index contributed by atoms with van der Waals surface area (Å²) >= 11 is 0. The van der Waals surface area contributed by atoms with E-state index >= 15 is 0 Å². The average molecular weight is 322 g/mol. The molecule has 1 saturated heterocycles. The molecule has 6 heteroatoms. The molecule has 2 N–H and O–H groups in total.